The molecule has 0 aromatic heterocycles. The van der Waals surface area contributed by atoms with Gasteiger partial charge in [-0.2, -0.15) is 0 Å². The van der Waals surface area contributed by atoms with Crippen molar-refractivity contribution in [3.8, 4) is 0 Å². The van der Waals surface area contributed by atoms with Crippen LogP contribution >= 0.6 is 0 Å². The van der Waals surface area contributed by atoms with Crippen LogP contribution < -0.4 is 5.32 Å². The second-order valence-electron chi connectivity index (χ2n) is 5.38. The highest BCUT2D eigenvalue weighted by Gasteiger charge is 2.19. The molecule has 0 bridgehead atoms. The zero-order valence-electron chi connectivity index (χ0n) is 13.0. The maximum atomic E-state index is 11.9. The summed E-state index contributed by atoms with van der Waals surface area (Å²) >= 11 is 0. The molecule has 7 heteroatoms. The quantitative estimate of drug-likeness (QED) is 0.765. The minimum Gasteiger partial charge on any atom is -0.452 e. The number of ether oxygens (including phenoxy) is 1. The van der Waals surface area contributed by atoms with E-state index in [1.54, 1.807) is 0 Å². The number of nitrogens with one attached hydrogen (secondary N) is 1. The Morgan fingerprint density at radius 3 is 2.45 bits per heavy atom. The van der Waals surface area contributed by atoms with Crippen LogP contribution in [0.5, 0.6) is 0 Å². The molecule has 0 spiro atoms. The second kappa shape index (κ2) is 7.93. The fourth-order valence-electron chi connectivity index (χ4n) is 1.72. The second-order valence-corrected chi connectivity index (χ2v) is 7.36. The Bertz CT molecular complexity index is 637. The van der Waals surface area contributed by atoms with Gasteiger partial charge in [-0.15, -0.1) is 0 Å². The van der Waals surface area contributed by atoms with Crippen molar-refractivity contribution in [3.63, 3.8) is 0 Å². The van der Waals surface area contributed by atoms with Crippen LogP contribution in [0.15, 0.2) is 29.2 Å². The van der Waals surface area contributed by atoms with Crippen LogP contribution in [0.3, 0.4) is 0 Å². The van der Waals surface area contributed by atoms with Gasteiger partial charge in [-0.25, -0.2) is 13.2 Å². The standard InChI is InChI=1S/C15H21NO5S/c1-11(2)8-9-16-14(17)10-21-15(18)12-6-4-5-7-13(12)22(3,19)20/h4-7,11H,8-10H2,1-3H3,(H,16,17). The third-order valence-electron chi connectivity index (χ3n) is 2.88. The highest BCUT2D eigenvalue weighted by Crippen LogP contribution is 2.16. The fourth-order valence-corrected chi connectivity index (χ4v) is 2.60. The molecular weight excluding hydrogens is 306 g/mol. The van der Waals surface area contributed by atoms with Gasteiger partial charge in [0.15, 0.2) is 16.4 Å². The van der Waals surface area contributed by atoms with Gasteiger partial charge < -0.3 is 10.1 Å². The number of rotatable bonds is 7. The molecule has 1 aromatic rings. The highest BCUT2D eigenvalue weighted by atomic mass is 32.2. The lowest BCUT2D eigenvalue weighted by Crippen LogP contribution is -2.30. The summed E-state index contributed by atoms with van der Waals surface area (Å²) in [6.07, 6.45) is 1.84. The molecule has 0 fully saturated rings. The third kappa shape index (κ3) is 5.85. The monoisotopic (exact) mass is 327 g/mol. The number of carbonyl (C=O) groups excluding carboxylic acids is 2. The summed E-state index contributed by atoms with van der Waals surface area (Å²) < 4.78 is 28.1. The zero-order chi connectivity index (χ0) is 16.8. The lowest BCUT2D eigenvalue weighted by atomic mass is 10.1. The molecular formula is C15H21NO5S. The fraction of sp³-hybridized carbons (Fsp3) is 0.467. The molecule has 1 N–H and O–H groups in total. The van der Waals surface area contributed by atoms with E-state index in [0.29, 0.717) is 12.5 Å². The number of amides is 1. The predicted octanol–water partition coefficient (Wildman–Crippen LogP) is 1.41. The van der Waals surface area contributed by atoms with Crippen LogP contribution in [0.2, 0.25) is 0 Å². The lowest BCUT2D eigenvalue weighted by Gasteiger charge is -2.09. The molecule has 0 heterocycles. The first-order valence-corrected chi connectivity index (χ1v) is 8.84. The Morgan fingerprint density at radius 1 is 1.23 bits per heavy atom. The molecule has 0 aliphatic heterocycles. The normalized spacial score (nSPS) is 11.3. The maximum Gasteiger partial charge on any atom is 0.339 e. The molecule has 0 radical (unpaired) electrons. The number of sulfone groups is 1. The van der Waals surface area contributed by atoms with E-state index < -0.39 is 28.3 Å². The molecule has 0 aliphatic carbocycles. The molecule has 0 saturated carbocycles. The summed E-state index contributed by atoms with van der Waals surface area (Å²) in [4.78, 5) is 23.4. The molecule has 0 atom stereocenters. The van der Waals surface area contributed by atoms with Crippen LogP contribution in [0.1, 0.15) is 30.6 Å². The van der Waals surface area contributed by atoms with Crippen molar-refractivity contribution in [2.75, 3.05) is 19.4 Å². The van der Waals surface area contributed by atoms with Crippen molar-refractivity contribution in [2.24, 2.45) is 5.92 Å². The van der Waals surface area contributed by atoms with E-state index in [9.17, 15) is 18.0 Å². The Hall–Kier alpha value is -1.89. The van der Waals surface area contributed by atoms with E-state index in [4.69, 9.17) is 4.74 Å². The highest BCUT2D eigenvalue weighted by molar-refractivity contribution is 7.90. The van der Waals surface area contributed by atoms with Crippen LogP contribution in [0, 0.1) is 5.92 Å². The van der Waals surface area contributed by atoms with Crippen molar-refractivity contribution in [1.82, 2.24) is 5.32 Å². The number of hydrogen-bond donors (Lipinski definition) is 1. The molecule has 1 amide bonds. The van der Waals surface area contributed by atoms with E-state index in [1.807, 2.05) is 13.8 Å². The number of esters is 1. The predicted molar refractivity (Wildman–Crippen MR) is 82.3 cm³/mol. The molecule has 1 aromatic carbocycles. The van der Waals surface area contributed by atoms with Gasteiger partial charge in [-0.1, -0.05) is 26.0 Å². The largest absolute Gasteiger partial charge is 0.452 e. The molecule has 1 rings (SSSR count). The Kier molecular flexibility index (Phi) is 6.55. The van der Waals surface area contributed by atoms with E-state index in [1.165, 1.54) is 24.3 Å². The topological polar surface area (TPSA) is 89.5 Å². The number of benzene rings is 1. The summed E-state index contributed by atoms with van der Waals surface area (Å²) in [6, 6.07) is 5.74. The SMILES string of the molecule is CC(C)CCNC(=O)COC(=O)c1ccccc1S(C)(=O)=O. The van der Waals surface area contributed by atoms with Crippen molar-refractivity contribution in [3.05, 3.63) is 29.8 Å². The van der Waals surface area contributed by atoms with E-state index in [-0.39, 0.29) is 10.5 Å². The first-order chi connectivity index (χ1) is 10.2. The molecule has 0 saturated heterocycles. The van der Waals surface area contributed by atoms with Gasteiger partial charge in [0.05, 0.1) is 10.5 Å². The first-order valence-electron chi connectivity index (χ1n) is 6.94. The summed E-state index contributed by atoms with van der Waals surface area (Å²) in [6.45, 7) is 4.14. The molecule has 22 heavy (non-hydrogen) atoms. The van der Waals surface area contributed by atoms with Gasteiger partial charge in [0.1, 0.15) is 0 Å². The molecule has 6 nitrogen and oxygen atoms in total. The van der Waals surface area contributed by atoms with Crippen LogP contribution in [-0.4, -0.2) is 39.7 Å². The number of carbonyl (C=O) groups is 2. The Labute approximate surface area is 130 Å². The van der Waals surface area contributed by atoms with Crippen molar-refractivity contribution < 1.29 is 22.7 Å². The maximum absolute atomic E-state index is 11.9. The minimum atomic E-state index is -3.54. The Balaban J connectivity index is 2.62. The average molecular weight is 327 g/mol. The molecule has 0 unspecified atom stereocenters. The van der Waals surface area contributed by atoms with E-state index in [2.05, 4.69) is 5.32 Å². The van der Waals surface area contributed by atoms with Gasteiger partial charge in [0.25, 0.3) is 5.91 Å². The summed E-state index contributed by atoms with van der Waals surface area (Å²) in [5, 5.41) is 2.63. The molecule has 0 aliphatic rings. The zero-order valence-corrected chi connectivity index (χ0v) is 13.8. The first kappa shape index (κ1) is 18.2. The third-order valence-corrected chi connectivity index (χ3v) is 4.04. The van der Waals surface area contributed by atoms with Crippen LogP contribution in [-0.2, 0) is 19.4 Å². The lowest BCUT2D eigenvalue weighted by molar-refractivity contribution is -0.124. The minimum absolute atomic E-state index is 0.0695. The summed E-state index contributed by atoms with van der Waals surface area (Å²) in [5.41, 5.74) is -0.0695. The van der Waals surface area contributed by atoms with Crippen molar-refractivity contribution in [2.45, 2.75) is 25.2 Å². The van der Waals surface area contributed by atoms with Crippen molar-refractivity contribution >= 4 is 21.7 Å². The van der Waals surface area contributed by atoms with E-state index in [0.717, 1.165) is 12.7 Å². The van der Waals surface area contributed by atoms with E-state index >= 15 is 0 Å². The smallest absolute Gasteiger partial charge is 0.339 e. The number of hydrogen-bond acceptors (Lipinski definition) is 5. The summed E-state index contributed by atoms with van der Waals surface area (Å²) in [5.74, 6) is -0.782. The average Bonchev–Trinajstić information content (AvgIpc) is 2.43. The molecule has 122 valence electrons. The van der Waals surface area contributed by atoms with Gasteiger partial charge in [-0.3, -0.25) is 4.79 Å². The summed E-state index contributed by atoms with van der Waals surface area (Å²) in [7, 11) is -3.54. The van der Waals surface area contributed by atoms with Gasteiger partial charge in [0.2, 0.25) is 0 Å². The van der Waals surface area contributed by atoms with Gasteiger partial charge in [0, 0.05) is 12.8 Å². The van der Waals surface area contributed by atoms with Crippen LogP contribution in [0.4, 0.5) is 0 Å². The van der Waals surface area contributed by atoms with Crippen molar-refractivity contribution in [1.29, 1.82) is 0 Å². The van der Waals surface area contributed by atoms with Gasteiger partial charge >= 0.3 is 5.97 Å². The van der Waals surface area contributed by atoms with Gasteiger partial charge in [-0.05, 0) is 24.5 Å². The Morgan fingerprint density at radius 2 is 1.86 bits per heavy atom. The van der Waals surface area contributed by atoms with Crippen LogP contribution in [0.25, 0.3) is 0 Å².